The van der Waals surface area contributed by atoms with Crippen molar-refractivity contribution in [1.82, 2.24) is 0 Å². The van der Waals surface area contributed by atoms with Gasteiger partial charge in [-0.15, -0.1) is 0 Å². The van der Waals surface area contributed by atoms with E-state index in [1.165, 1.54) is 29.5 Å². The molecule has 0 heterocycles. The van der Waals surface area contributed by atoms with Crippen LogP contribution in [0.25, 0.3) is 0 Å². The van der Waals surface area contributed by atoms with Crippen molar-refractivity contribution in [3.63, 3.8) is 0 Å². The molecule has 1 aliphatic carbocycles. The Balaban J connectivity index is 2.12. The Morgan fingerprint density at radius 1 is 1.33 bits per heavy atom. The summed E-state index contributed by atoms with van der Waals surface area (Å²) < 4.78 is 0. The van der Waals surface area contributed by atoms with E-state index >= 15 is 0 Å². The molecule has 0 spiro atoms. The van der Waals surface area contributed by atoms with Crippen LogP contribution >= 0.6 is 0 Å². The zero-order valence-electron chi connectivity index (χ0n) is 9.37. The van der Waals surface area contributed by atoms with E-state index in [-0.39, 0.29) is 6.04 Å². The zero-order valence-corrected chi connectivity index (χ0v) is 9.37. The summed E-state index contributed by atoms with van der Waals surface area (Å²) >= 11 is 0. The quantitative estimate of drug-likeness (QED) is 0.731. The largest absolute Gasteiger partial charge is 0.324 e. The maximum Gasteiger partial charge on any atom is 0.0226 e. The number of rotatable bonds is 2. The van der Waals surface area contributed by atoms with Gasteiger partial charge in [-0.3, -0.25) is 0 Å². The van der Waals surface area contributed by atoms with Crippen molar-refractivity contribution in [3.8, 4) is 0 Å². The summed E-state index contributed by atoms with van der Waals surface area (Å²) in [5.74, 6) is 0. The molecule has 2 rings (SSSR count). The molecule has 1 heteroatoms. The molecule has 1 atom stereocenters. The van der Waals surface area contributed by atoms with Crippen molar-refractivity contribution < 1.29 is 0 Å². The summed E-state index contributed by atoms with van der Waals surface area (Å²) in [4.78, 5) is 0. The number of nitrogens with two attached hydrogens (primary N) is 1. The zero-order chi connectivity index (χ0) is 10.7. The molecule has 0 aliphatic heterocycles. The van der Waals surface area contributed by atoms with Gasteiger partial charge in [0.05, 0.1) is 0 Å². The van der Waals surface area contributed by atoms with Crippen LogP contribution in [0, 0.1) is 6.92 Å². The van der Waals surface area contributed by atoms with Crippen molar-refractivity contribution in [2.24, 2.45) is 5.73 Å². The smallest absolute Gasteiger partial charge is 0.0226 e. The molecule has 15 heavy (non-hydrogen) atoms. The molecule has 1 aromatic carbocycles. The number of hydrogen-bond acceptors (Lipinski definition) is 1. The summed E-state index contributed by atoms with van der Waals surface area (Å²) in [5, 5.41) is 0. The third-order valence-electron chi connectivity index (χ3n) is 3.16. The van der Waals surface area contributed by atoms with E-state index in [0.29, 0.717) is 0 Å². The van der Waals surface area contributed by atoms with Crippen LogP contribution in [-0.4, -0.2) is 6.04 Å². The van der Waals surface area contributed by atoms with E-state index in [1.807, 2.05) is 0 Å². The molecule has 0 saturated carbocycles. The molecule has 1 aliphatic rings. The Hall–Kier alpha value is -1.08. The van der Waals surface area contributed by atoms with Gasteiger partial charge < -0.3 is 5.73 Å². The first-order valence-corrected chi connectivity index (χ1v) is 5.75. The van der Waals surface area contributed by atoms with Crippen LogP contribution in [0.1, 0.15) is 30.4 Å². The molecule has 2 N–H and O–H groups in total. The Morgan fingerprint density at radius 2 is 2.13 bits per heavy atom. The summed E-state index contributed by atoms with van der Waals surface area (Å²) in [6.45, 7) is 2.18. The Morgan fingerprint density at radius 3 is 2.87 bits per heavy atom. The first kappa shape index (κ1) is 10.4. The molecule has 1 unspecified atom stereocenters. The fourth-order valence-corrected chi connectivity index (χ4v) is 2.23. The van der Waals surface area contributed by atoms with E-state index in [4.69, 9.17) is 5.73 Å². The number of aryl methyl sites for hydroxylation is 1. The van der Waals surface area contributed by atoms with Crippen LogP contribution in [-0.2, 0) is 6.42 Å². The minimum absolute atomic E-state index is 0.290. The van der Waals surface area contributed by atoms with E-state index in [9.17, 15) is 0 Å². The minimum atomic E-state index is 0.290. The van der Waals surface area contributed by atoms with Crippen molar-refractivity contribution in [2.75, 3.05) is 0 Å². The van der Waals surface area contributed by atoms with E-state index in [0.717, 1.165) is 12.8 Å². The second-order valence-corrected chi connectivity index (χ2v) is 4.48. The lowest BCUT2D eigenvalue weighted by atomic mass is 9.90. The van der Waals surface area contributed by atoms with Crippen LogP contribution in [0.2, 0.25) is 0 Å². The lowest BCUT2D eigenvalue weighted by molar-refractivity contribution is 0.617. The SMILES string of the molecule is Cc1ccccc1CC1=CC(N)CCC1. The van der Waals surface area contributed by atoms with Gasteiger partial charge in [0, 0.05) is 6.04 Å². The van der Waals surface area contributed by atoms with Crippen LogP contribution in [0.3, 0.4) is 0 Å². The average molecular weight is 201 g/mol. The van der Waals surface area contributed by atoms with Gasteiger partial charge in [0.25, 0.3) is 0 Å². The summed E-state index contributed by atoms with van der Waals surface area (Å²) in [6.07, 6.45) is 6.97. The highest BCUT2D eigenvalue weighted by Crippen LogP contribution is 2.22. The lowest BCUT2D eigenvalue weighted by Crippen LogP contribution is -2.20. The van der Waals surface area contributed by atoms with Crippen molar-refractivity contribution in [2.45, 2.75) is 38.6 Å². The van der Waals surface area contributed by atoms with Crippen molar-refractivity contribution in [1.29, 1.82) is 0 Å². The van der Waals surface area contributed by atoms with E-state index in [2.05, 4.69) is 37.3 Å². The first-order chi connectivity index (χ1) is 7.25. The number of allylic oxidation sites excluding steroid dienone is 1. The van der Waals surface area contributed by atoms with Gasteiger partial charge in [-0.05, 0) is 43.7 Å². The summed E-state index contributed by atoms with van der Waals surface area (Å²) in [6, 6.07) is 8.90. The van der Waals surface area contributed by atoms with Crippen LogP contribution < -0.4 is 5.73 Å². The highest BCUT2D eigenvalue weighted by atomic mass is 14.6. The molecular formula is C14H19N. The fraction of sp³-hybridized carbons (Fsp3) is 0.429. The molecule has 1 aromatic rings. The molecule has 80 valence electrons. The molecule has 0 radical (unpaired) electrons. The third kappa shape index (κ3) is 2.69. The Kier molecular flexibility index (Phi) is 3.22. The Labute approximate surface area is 92.0 Å². The van der Waals surface area contributed by atoms with E-state index in [1.54, 1.807) is 0 Å². The van der Waals surface area contributed by atoms with Gasteiger partial charge >= 0.3 is 0 Å². The summed E-state index contributed by atoms with van der Waals surface area (Å²) in [7, 11) is 0. The molecule has 0 bridgehead atoms. The monoisotopic (exact) mass is 201 g/mol. The van der Waals surface area contributed by atoms with E-state index < -0.39 is 0 Å². The predicted octanol–water partition coefficient (Wildman–Crippen LogP) is 2.98. The van der Waals surface area contributed by atoms with Crippen molar-refractivity contribution >= 4 is 0 Å². The molecule has 0 aromatic heterocycles. The predicted molar refractivity (Wildman–Crippen MR) is 64.8 cm³/mol. The van der Waals surface area contributed by atoms with Crippen LogP contribution in [0.5, 0.6) is 0 Å². The Bertz CT molecular complexity index is 365. The summed E-state index contributed by atoms with van der Waals surface area (Å²) in [5.41, 5.74) is 10.3. The van der Waals surface area contributed by atoms with Crippen LogP contribution in [0.15, 0.2) is 35.9 Å². The van der Waals surface area contributed by atoms with Gasteiger partial charge in [0.2, 0.25) is 0 Å². The topological polar surface area (TPSA) is 26.0 Å². The van der Waals surface area contributed by atoms with Crippen LogP contribution in [0.4, 0.5) is 0 Å². The average Bonchev–Trinajstić information content (AvgIpc) is 2.22. The fourth-order valence-electron chi connectivity index (χ4n) is 2.23. The number of hydrogen-bond donors (Lipinski definition) is 1. The maximum absolute atomic E-state index is 5.94. The molecular weight excluding hydrogens is 182 g/mol. The second-order valence-electron chi connectivity index (χ2n) is 4.48. The van der Waals surface area contributed by atoms with Gasteiger partial charge in [0.15, 0.2) is 0 Å². The first-order valence-electron chi connectivity index (χ1n) is 5.75. The molecule has 0 fully saturated rings. The normalized spacial score (nSPS) is 21.2. The molecule has 0 amide bonds. The third-order valence-corrected chi connectivity index (χ3v) is 3.16. The standard InChI is InChI=1S/C14H19N/c1-11-5-2-3-7-13(11)9-12-6-4-8-14(15)10-12/h2-3,5,7,10,14H,4,6,8-9,15H2,1H3. The van der Waals surface area contributed by atoms with Gasteiger partial charge in [-0.2, -0.15) is 0 Å². The second kappa shape index (κ2) is 4.63. The van der Waals surface area contributed by atoms with Crippen molar-refractivity contribution in [3.05, 3.63) is 47.0 Å². The molecule has 0 saturated heterocycles. The number of benzene rings is 1. The minimum Gasteiger partial charge on any atom is -0.324 e. The highest BCUT2D eigenvalue weighted by Gasteiger charge is 2.10. The highest BCUT2D eigenvalue weighted by molar-refractivity contribution is 5.30. The molecule has 1 nitrogen and oxygen atoms in total. The van der Waals surface area contributed by atoms with Gasteiger partial charge in [-0.25, -0.2) is 0 Å². The van der Waals surface area contributed by atoms with Gasteiger partial charge in [-0.1, -0.05) is 35.9 Å². The maximum atomic E-state index is 5.94. The lowest BCUT2D eigenvalue weighted by Gasteiger charge is -2.18. The van der Waals surface area contributed by atoms with Gasteiger partial charge in [0.1, 0.15) is 0 Å².